The Balaban J connectivity index is 2.04. The first kappa shape index (κ1) is 14.1. The molecule has 2 rings (SSSR count). The molecule has 6 nitrogen and oxygen atoms in total. The second-order valence-corrected chi connectivity index (χ2v) is 4.99. The Bertz CT molecular complexity index is 571. The zero-order chi connectivity index (χ0) is 14.4. The summed E-state index contributed by atoms with van der Waals surface area (Å²) < 4.78 is 0. The Labute approximate surface area is 120 Å². The van der Waals surface area contributed by atoms with Crippen LogP contribution in [0.3, 0.4) is 0 Å². The molecule has 1 atom stereocenters. The number of anilines is 1. The first-order chi connectivity index (χ1) is 9.65. The largest absolute Gasteiger partial charge is 0.349 e. The van der Waals surface area contributed by atoms with Gasteiger partial charge in [-0.3, -0.25) is 9.59 Å². The number of carbonyl (C=O) groups excluding carboxylic acids is 2. The van der Waals surface area contributed by atoms with Crippen molar-refractivity contribution in [2.45, 2.75) is 19.4 Å². The average Bonchev–Trinajstić information content (AvgIpc) is 2.91. The number of rotatable bonds is 5. The van der Waals surface area contributed by atoms with Gasteiger partial charge in [0.15, 0.2) is 0 Å². The van der Waals surface area contributed by atoms with Gasteiger partial charge in [-0.25, -0.2) is 0 Å². The van der Waals surface area contributed by atoms with Gasteiger partial charge in [0.1, 0.15) is 5.51 Å². The standard InChI is InChI=1S/C13H14N4O2S/c1-9(18)15-11(10-5-3-2-4-6-10)7-12(19)16-13-17-14-8-20-13/h2-6,8,11H,7H2,1H3,(H,15,18)(H,16,17,19)/t11-/m0/s1. The van der Waals surface area contributed by atoms with E-state index in [1.54, 1.807) is 0 Å². The summed E-state index contributed by atoms with van der Waals surface area (Å²) >= 11 is 1.25. The van der Waals surface area contributed by atoms with Crippen molar-refractivity contribution in [3.8, 4) is 0 Å². The smallest absolute Gasteiger partial charge is 0.228 e. The second-order valence-electron chi connectivity index (χ2n) is 4.16. The lowest BCUT2D eigenvalue weighted by Gasteiger charge is -2.17. The number of nitrogens with zero attached hydrogens (tertiary/aromatic N) is 2. The number of amides is 2. The molecule has 0 radical (unpaired) electrons. The molecule has 0 unspecified atom stereocenters. The quantitative estimate of drug-likeness (QED) is 0.878. The fourth-order valence-electron chi connectivity index (χ4n) is 1.77. The zero-order valence-electron chi connectivity index (χ0n) is 10.9. The van der Waals surface area contributed by atoms with Gasteiger partial charge in [-0.2, -0.15) is 0 Å². The van der Waals surface area contributed by atoms with Gasteiger partial charge in [-0.05, 0) is 5.56 Å². The van der Waals surface area contributed by atoms with Crippen LogP contribution in [0.5, 0.6) is 0 Å². The molecule has 0 fully saturated rings. The van der Waals surface area contributed by atoms with Crippen molar-refractivity contribution in [3.63, 3.8) is 0 Å². The van der Waals surface area contributed by atoms with Crippen LogP contribution in [0.2, 0.25) is 0 Å². The zero-order valence-corrected chi connectivity index (χ0v) is 11.7. The van der Waals surface area contributed by atoms with E-state index in [4.69, 9.17) is 0 Å². The van der Waals surface area contributed by atoms with Gasteiger partial charge >= 0.3 is 0 Å². The predicted octanol–water partition coefficient (Wildman–Crippen LogP) is 1.74. The van der Waals surface area contributed by atoms with E-state index in [-0.39, 0.29) is 24.3 Å². The van der Waals surface area contributed by atoms with E-state index < -0.39 is 0 Å². The van der Waals surface area contributed by atoms with E-state index in [1.807, 2.05) is 30.3 Å². The normalized spacial score (nSPS) is 11.7. The summed E-state index contributed by atoms with van der Waals surface area (Å²) in [6.45, 7) is 1.43. The number of hydrogen-bond acceptors (Lipinski definition) is 5. The molecule has 2 N–H and O–H groups in total. The monoisotopic (exact) mass is 290 g/mol. The van der Waals surface area contributed by atoms with E-state index in [9.17, 15) is 9.59 Å². The van der Waals surface area contributed by atoms with E-state index in [0.29, 0.717) is 5.13 Å². The highest BCUT2D eigenvalue weighted by molar-refractivity contribution is 7.13. The predicted molar refractivity (Wildman–Crippen MR) is 76.2 cm³/mol. The highest BCUT2D eigenvalue weighted by Crippen LogP contribution is 2.18. The fourth-order valence-corrected chi connectivity index (χ4v) is 2.23. The minimum Gasteiger partial charge on any atom is -0.349 e. The van der Waals surface area contributed by atoms with Crippen molar-refractivity contribution in [2.24, 2.45) is 0 Å². The minimum atomic E-state index is -0.360. The topological polar surface area (TPSA) is 84.0 Å². The highest BCUT2D eigenvalue weighted by Gasteiger charge is 2.17. The summed E-state index contributed by atoms with van der Waals surface area (Å²) in [5.74, 6) is -0.396. The maximum absolute atomic E-state index is 12.0. The second kappa shape index (κ2) is 6.76. The number of aromatic nitrogens is 2. The Morgan fingerprint density at radius 3 is 2.65 bits per heavy atom. The summed E-state index contributed by atoms with van der Waals surface area (Å²) in [4.78, 5) is 23.2. The summed E-state index contributed by atoms with van der Waals surface area (Å²) in [7, 11) is 0. The van der Waals surface area contributed by atoms with E-state index in [2.05, 4.69) is 20.8 Å². The van der Waals surface area contributed by atoms with Gasteiger partial charge in [0.05, 0.1) is 12.5 Å². The fraction of sp³-hybridized carbons (Fsp3) is 0.231. The summed E-state index contributed by atoms with van der Waals surface area (Å²) in [5, 5.41) is 13.3. The van der Waals surface area contributed by atoms with Crippen LogP contribution in [0.25, 0.3) is 0 Å². The van der Waals surface area contributed by atoms with Crippen molar-refractivity contribution >= 4 is 28.3 Å². The molecule has 0 saturated carbocycles. The molecule has 0 bridgehead atoms. The lowest BCUT2D eigenvalue weighted by molar-refractivity contribution is -0.120. The average molecular weight is 290 g/mol. The molecule has 0 saturated heterocycles. The molecular formula is C13H14N4O2S. The number of carbonyl (C=O) groups is 2. The first-order valence-corrected chi connectivity index (χ1v) is 6.91. The SMILES string of the molecule is CC(=O)N[C@@H](CC(=O)Nc1nncs1)c1ccccc1. The Kier molecular flexibility index (Phi) is 4.78. The minimum absolute atomic E-state index is 0.142. The van der Waals surface area contributed by atoms with E-state index in [1.165, 1.54) is 23.8 Å². The van der Waals surface area contributed by atoms with E-state index >= 15 is 0 Å². The molecule has 1 heterocycles. The molecule has 104 valence electrons. The molecule has 20 heavy (non-hydrogen) atoms. The van der Waals surface area contributed by atoms with Gasteiger partial charge in [-0.15, -0.1) is 10.2 Å². The lowest BCUT2D eigenvalue weighted by Crippen LogP contribution is -2.29. The lowest BCUT2D eigenvalue weighted by atomic mass is 10.0. The Morgan fingerprint density at radius 2 is 2.05 bits per heavy atom. The number of hydrogen-bond donors (Lipinski definition) is 2. The number of nitrogens with one attached hydrogen (secondary N) is 2. The third-order valence-corrected chi connectivity index (χ3v) is 3.18. The maximum atomic E-state index is 12.0. The third-order valence-electron chi connectivity index (χ3n) is 2.58. The van der Waals surface area contributed by atoms with Gasteiger partial charge in [0.2, 0.25) is 16.9 Å². The van der Waals surface area contributed by atoms with Crippen LogP contribution < -0.4 is 10.6 Å². The Hall–Kier alpha value is -2.28. The van der Waals surface area contributed by atoms with Crippen molar-refractivity contribution in [1.29, 1.82) is 0 Å². The molecule has 0 aliphatic carbocycles. The molecule has 2 amide bonds. The van der Waals surface area contributed by atoms with Crippen molar-refractivity contribution in [3.05, 3.63) is 41.4 Å². The van der Waals surface area contributed by atoms with Crippen molar-refractivity contribution < 1.29 is 9.59 Å². The third kappa shape index (κ3) is 4.13. The van der Waals surface area contributed by atoms with Crippen LogP contribution in [0, 0.1) is 0 Å². The highest BCUT2D eigenvalue weighted by atomic mass is 32.1. The van der Waals surface area contributed by atoms with Crippen LogP contribution in [0.15, 0.2) is 35.8 Å². The van der Waals surface area contributed by atoms with Crippen LogP contribution in [-0.4, -0.2) is 22.0 Å². The number of benzene rings is 1. The molecular weight excluding hydrogens is 276 g/mol. The van der Waals surface area contributed by atoms with Crippen molar-refractivity contribution in [2.75, 3.05) is 5.32 Å². The molecule has 1 aromatic heterocycles. The maximum Gasteiger partial charge on any atom is 0.228 e. The van der Waals surface area contributed by atoms with Crippen LogP contribution >= 0.6 is 11.3 Å². The summed E-state index contributed by atoms with van der Waals surface area (Å²) in [6, 6.07) is 9.01. The van der Waals surface area contributed by atoms with Gasteiger partial charge in [-0.1, -0.05) is 41.7 Å². The van der Waals surface area contributed by atoms with Crippen LogP contribution in [0.4, 0.5) is 5.13 Å². The Morgan fingerprint density at radius 1 is 1.30 bits per heavy atom. The van der Waals surface area contributed by atoms with Gasteiger partial charge < -0.3 is 10.6 Å². The summed E-state index contributed by atoms with van der Waals surface area (Å²) in [5.41, 5.74) is 2.42. The molecule has 7 heteroatoms. The molecule has 0 aliphatic heterocycles. The van der Waals surface area contributed by atoms with Crippen LogP contribution in [-0.2, 0) is 9.59 Å². The van der Waals surface area contributed by atoms with Gasteiger partial charge in [0, 0.05) is 6.92 Å². The van der Waals surface area contributed by atoms with Crippen molar-refractivity contribution in [1.82, 2.24) is 15.5 Å². The summed E-state index contributed by atoms with van der Waals surface area (Å²) in [6.07, 6.45) is 0.142. The molecule has 1 aromatic carbocycles. The molecule has 2 aromatic rings. The van der Waals surface area contributed by atoms with Crippen LogP contribution in [0.1, 0.15) is 24.9 Å². The molecule has 0 aliphatic rings. The van der Waals surface area contributed by atoms with E-state index in [0.717, 1.165) is 5.56 Å². The molecule has 0 spiro atoms. The first-order valence-electron chi connectivity index (χ1n) is 6.03. The van der Waals surface area contributed by atoms with Gasteiger partial charge in [0.25, 0.3) is 0 Å².